The number of pyridine rings is 1. The molecule has 0 saturated heterocycles. The summed E-state index contributed by atoms with van der Waals surface area (Å²) in [6.45, 7) is 0. The Morgan fingerprint density at radius 1 is 1.00 bits per heavy atom. The van der Waals surface area contributed by atoms with Crippen LogP contribution in [0.25, 0.3) is 0 Å². The van der Waals surface area contributed by atoms with E-state index in [0.29, 0.717) is 4.90 Å². The predicted octanol–water partition coefficient (Wildman–Crippen LogP) is 1.49. The van der Waals surface area contributed by atoms with Crippen molar-refractivity contribution in [2.45, 2.75) is 10.6 Å². The Balaban J connectivity index is 2.27. The van der Waals surface area contributed by atoms with E-state index in [2.05, 4.69) is 0 Å². The zero-order valence-corrected chi connectivity index (χ0v) is 10.4. The summed E-state index contributed by atoms with van der Waals surface area (Å²) in [7, 11) is -1.34. The van der Waals surface area contributed by atoms with Crippen LogP contribution in [-0.2, 0) is 22.6 Å². The molecule has 0 N–H and O–H groups in total. The Morgan fingerprint density at radius 3 is 2.18 bits per heavy atom. The topological polar surface area (TPSA) is 38.0 Å². The lowest BCUT2D eigenvalue weighted by molar-refractivity contribution is -0.671. The summed E-state index contributed by atoms with van der Waals surface area (Å²) < 4.78 is 26.0. The molecule has 0 aliphatic heterocycles. The predicted molar refractivity (Wildman–Crippen MR) is 64.9 cm³/mol. The maximum Gasteiger partial charge on any atom is 0.182 e. The van der Waals surface area contributed by atoms with Gasteiger partial charge in [-0.2, -0.15) is 0 Å². The normalized spacial score (nSPS) is 11.4. The van der Waals surface area contributed by atoms with Crippen LogP contribution in [0.1, 0.15) is 5.56 Å². The molecular formula is C13H14NO2S+. The number of aromatic nitrogens is 1. The molecule has 1 heterocycles. The minimum atomic E-state index is -3.24. The standard InChI is InChI=1S/C13H14NO2S/c1-14-9-7-12(8-10-14)11-17(15,16)13-5-3-2-4-6-13/h2-10H,11H2,1H3/q+1. The van der Waals surface area contributed by atoms with Gasteiger partial charge >= 0.3 is 0 Å². The molecule has 0 unspecified atom stereocenters. The average molecular weight is 248 g/mol. The molecule has 1 aromatic heterocycles. The van der Waals surface area contributed by atoms with Crippen LogP contribution in [-0.4, -0.2) is 8.42 Å². The Morgan fingerprint density at radius 2 is 1.59 bits per heavy atom. The minimum Gasteiger partial charge on any atom is -0.223 e. The Kier molecular flexibility index (Phi) is 3.24. The summed E-state index contributed by atoms with van der Waals surface area (Å²) in [5, 5.41) is 0. The van der Waals surface area contributed by atoms with Gasteiger partial charge < -0.3 is 0 Å². The van der Waals surface area contributed by atoms with E-state index < -0.39 is 9.84 Å². The highest BCUT2D eigenvalue weighted by Crippen LogP contribution is 2.14. The van der Waals surface area contributed by atoms with Gasteiger partial charge in [-0.05, 0) is 17.7 Å². The Labute approximate surface area is 101 Å². The van der Waals surface area contributed by atoms with Crippen LogP contribution < -0.4 is 4.57 Å². The van der Waals surface area contributed by atoms with E-state index in [4.69, 9.17) is 0 Å². The molecule has 0 bridgehead atoms. The number of rotatable bonds is 3. The SMILES string of the molecule is C[n+]1ccc(CS(=O)(=O)c2ccccc2)cc1. The third kappa shape index (κ3) is 2.91. The van der Waals surface area contributed by atoms with Crippen LogP contribution in [0.2, 0.25) is 0 Å². The van der Waals surface area contributed by atoms with Crippen molar-refractivity contribution in [2.24, 2.45) is 7.05 Å². The summed E-state index contributed by atoms with van der Waals surface area (Å²) in [6, 6.07) is 12.2. The van der Waals surface area contributed by atoms with Crippen molar-refractivity contribution in [1.82, 2.24) is 0 Å². The van der Waals surface area contributed by atoms with Gasteiger partial charge in [-0.3, -0.25) is 0 Å². The van der Waals surface area contributed by atoms with Crippen LogP contribution >= 0.6 is 0 Å². The fourth-order valence-corrected chi connectivity index (χ4v) is 2.93. The largest absolute Gasteiger partial charge is 0.223 e. The van der Waals surface area contributed by atoms with E-state index in [1.54, 1.807) is 24.3 Å². The Bertz CT molecular complexity index is 589. The van der Waals surface area contributed by atoms with Crippen molar-refractivity contribution < 1.29 is 13.0 Å². The van der Waals surface area contributed by atoms with Crippen molar-refractivity contribution in [1.29, 1.82) is 0 Å². The number of hydrogen-bond donors (Lipinski definition) is 0. The first-order valence-corrected chi connectivity index (χ1v) is 6.95. The lowest BCUT2D eigenvalue weighted by Crippen LogP contribution is -2.26. The van der Waals surface area contributed by atoms with Gasteiger partial charge in [-0.1, -0.05) is 18.2 Å². The van der Waals surface area contributed by atoms with E-state index in [-0.39, 0.29) is 5.75 Å². The quantitative estimate of drug-likeness (QED) is 0.772. The molecule has 2 aromatic rings. The Hall–Kier alpha value is -1.68. The summed E-state index contributed by atoms with van der Waals surface area (Å²) in [4.78, 5) is 0.369. The minimum absolute atomic E-state index is 0.0395. The van der Waals surface area contributed by atoms with Crippen LogP contribution in [0.15, 0.2) is 59.8 Å². The van der Waals surface area contributed by atoms with E-state index in [1.807, 2.05) is 42.2 Å². The second-order valence-corrected chi connectivity index (χ2v) is 5.93. The number of nitrogens with zero attached hydrogens (tertiary/aromatic N) is 1. The molecular weight excluding hydrogens is 234 g/mol. The molecule has 0 aliphatic rings. The highest BCUT2D eigenvalue weighted by atomic mass is 32.2. The van der Waals surface area contributed by atoms with E-state index in [0.717, 1.165) is 5.56 Å². The number of sulfone groups is 1. The molecule has 2 rings (SSSR count). The summed E-state index contributed by atoms with van der Waals surface area (Å²) in [6.07, 6.45) is 3.69. The van der Waals surface area contributed by atoms with Crippen molar-refractivity contribution >= 4 is 9.84 Å². The van der Waals surface area contributed by atoms with Gasteiger partial charge in [0, 0.05) is 12.1 Å². The lowest BCUT2D eigenvalue weighted by Gasteiger charge is -2.03. The zero-order valence-electron chi connectivity index (χ0n) is 9.58. The molecule has 1 aromatic carbocycles. The first-order valence-electron chi connectivity index (χ1n) is 5.30. The molecule has 4 heteroatoms. The summed E-state index contributed by atoms with van der Waals surface area (Å²) in [5.41, 5.74) is 0.798. The average Bonchev–Trinajstić information content (AvgIpc) is 2.33. The molecule has 0 spiro atoms. The highest BCUT2D eigenvalue weighted by molar-refractivity contribution is 7.90. The first kappa shape index (κ1) is 11.8. The van der Waals surface area contributed by atoms with Gasteiger partial charge in [0.2, 0.25) is 0 Å². The van der Waals surface area contributed by atoms with E-state index >= 15 is 0 Å². The highest BCUT2D eigenvalue weighted by Gasteiger charge is 2.15. The molecule has 0 amide bonds. The van der Waals surface area contributed by atoms with Crippen molar-refractivity contribution in [3.63, 3.8) is 0 Å². The van der Waals surface area contributed by atoms with Gasteiger partial charge in [0.05, 0.1) is 10.6 Å². The fraction of sp³-hybridized carbons (Fsp3) is 0.154. The molecule has 17 heavy (non-hydrogen) atoms. The van der Waals surface area contributed by atoms with Gasteiger partial charge in [-0.15, -0.1) is 0 Å². The van der Waals surface area contributed by atoms with Gasteiger partial charge in [0.25, 0.3) is 0 Å². The molecule has 0 aliphatic carbocycles. The van der Waals surface area contributed by atoms with Gasteiger partial charge in [0.15, 0.2) is 22.2 Å². The van der Waals surface area contributed by atoms with Crippen LogP contribution in [0, 0.1) is 0 Å². The smallest absolute Gasteiger partial charge is 0.182 e. The lowest BCUT2D eigenvalue weighted by atomic mass is 10.3. The van der Waals surface area contributed by atoms with Crippen molar-refractivity contribution in [3.8, 4) is 0 Å². The molecule has 0 atom stereocenters. The number of benzene rings is 1. The number of aryl methyl sites for hydroxylation is 1. The molecule has 88 valence electrons. The molecule has 0 fully saturated rings. The fourth-order valence-electron chi connectivity index (χ4n) is 1.56. The third-order valence-electron chi connectivity index (χ3n) is 2.51. The summed E-state index contributed by atoms with van der Waals surface area (Å²) in [5.74, 6) is 0.0395. The van der Waals surface area contributed by atoms with E-state index in [1.165, 1.54) is 0 Å². The summed E-state index contributed by atoms with van der Waals surface area (Å²) >= 11 is 0. The first-order chi connectivity index (χ1) is 8.08. The third-order valence-corrected chi connectivity index (χ3v) is 4.21. The second-order valence-electron chi connectivity index (χ2n) is 3.94. The van der Waals surface area contributed by atoms with Gasteiger partial charge in [-0.25, -0.2) is 13.0 Å². The van der Waals surface area contributed by atoms with Crippen LogP contribution in [0.4, 0.5) is 0 Å². The zero-order chi connectivity index (χ0) is 12.3. The van der Waals surface area contributed by atoms with Gasteiger partial charge in [0.1, 0.15) is 7.05 Å². The van der Waals surface area contributed by atoms with E-state index in [9.17, 15) is 8.42 Å². The maximum atomic E-state index is 12.1. The molecule has 0 radical (unpaired) electrons. The molecule has 0 saturated carbocycles. The maximum absolute atomic E-state index is 12.1. The monoisotopic (exact) mass is 248 g/mol. The van der Waals surface area contributed by atoms with Crippen molar-refractivity contribution in [3.05, 3.63) is 60.4 Å². The number of hydrogen-bond acceptors (Lipinski definition) is 2. The second kappa shape index (κ2) is 4.67. The van der Waals surface area contributed by atoms with Crippen molar-refractivity contribution in [2.75, 3.05) is 0 Å². The molecule has 3 nitrogen and oxygen atoms in total. The van der Waals surface area contributed by atoms with Crippen LogP contribution in [0.5, 0.6) is 0 Å². The van der Waals surface area contributed by atoms with Crippen LogP contribution in [0.3, 0.4) is 0 Å².